The second-order valence-electron chi connectivity index (χ2n) is 4.87. The molecule has 0 radical (unpaired) electrons. The lowest BCUT2D eigenvalue weighted by atomic mass is 10.1. The smallest absolute Gasteiger partial charge is 0.274 e. The maximum atomic E-state index is 11.9. The van der Waals surface area contributed by atoms with Crippen molar-refractivity contribution in [2.75, 3.05) is 5.73 Å². The van der Waals surface area contributed by atoms with Gasteiger partial charge < -0.3 is 11.1 Å². The zero-order valence-electron chi connectivity index (χ0n) is 10.4. The van der Waals surface area contributed by atoms with Crippen LogP contribution < -0.4 is 11.1 Å². The molecule has 17 heavy (non-hydrogen) atoms. The number of nitrogen functional groups attached to an aromatic ring is 1. The Bertz CT molecular complexity index is 409. The molecular formula is C12H20N4O. The molecule has 1 aromatic rings. The number of carbonyl (C=O) groups is 1. The van der Waals surface area contributed by atoms with Crippen LogP contribution in [0.5, 0.6) is 0 Å². The number of aryl methyl sites for hydroxylation is 1. The van der Waals surface area contributed by atoms with Crippen LogP contribution >= 0.6 is 0 Å². The summed E-state index contributed by atoms with van der Waals surface area (Å²) in [7, 11) is 0. The van der Waals surface area contributed by atoms with Crippen molar-refractivity contribution < 1.29 is 4.79 Å². The number of nitrogens with two attached hydrogens (primary N) is 1. The van der Waals surface area contributed by atoms with Crippen LogP contribution in [0.15, 0.2) is 0 Å². The zero-order chi connectivity index (χ0) is 12.4. The summed E-state index contributed by atoms with van der Waals surface area (Å²) in [6, 6.07) is 0.191. The molecule has 1 heterocycles. The SMILES string of the molecule is CCc1[nH]nc(C(=O)NC(C)CC2CC2)c1N. The van der Waals surface area contributed by atoms with Crippen LogP contribution in [0.1, 0.15) is 49.3 Å². The molecule has 1 amide bonds. The molecule has 0 bridgehead atoms. The molecule has 1 aliphatic carbocycles. The van der Waals surface area contributed by atoms with Crippen molar-refractivity contribution in [1.82, 2.24) is 15.5 Å². The Hall–Kier alpha value is -1.52. The Kier molecular flexibility index (Phi) is 3.36. The number of hydrogen-bond donors (Lipinski definition) is 3. The van der Waals surface area contributed by atoms with Gasteiger partial charge in [0.15, 0.2) is 5.69 Å². The van der Waals surface area contributed by atoms with Crippen molar-refractivity contribution in [3.8, 4) is 0 Å². The minimum atomic E-state index is -0.174. The van der Waals surface area contributed by atoms with Crippen molar-refractivity contribution in [3.05, 3.63) is 11.4 Å². The van der Waals surface area contributed by atoms with E-state index in [4.69, 9.17) is 5.73 Å². The lowest BCUT2D eigenvalue weighted by Gasteiger charge is -2.12. The molecule has 1 aromatic heterocycles. The lowest BCUT2D eigenvalue weighted by Crippen LogP contribution is -2.33. The molecule has 1 atom stereocenters. The predicted molar refractivity (Wildman–Crippen MR) is 66.6 cm³/mol. The van der Waals surface area contributed by atoms with Crippen LogP contribution in [0.25, 0.3) is 0 Å². The van der Waals surface area contributed by atoms with Gasteiger partial charge in [-0.25, -0.2) is 0 Å². The van der Waals surface area contributed by atoms with Crippen LogP contribution in [0.2, 0.25) is 0 Å². The summed E-state index contributed by atoms with van der Waals surface area (Å²) in [5.41, 5.74) is 7.47. The highest BCUT2D eigenvalue weighted by Gasteiger charge is 2.25. The third kappa shape index (κ3) is 2.78. The normalized spacial score (nSPS) is 16.8. The monoisotopic (exact) mass is 236 g/mol. The van der Waals surface area contributed by atoms with Gasteiger partial charge in [0.05, 0.1) is 11.4 Å². The van der Waals surface area contributed by atoms with E-state index in [9.17, 15) is 4.79 Å². The average Bonchev–Trinajstić information content (AvgIpc) is 2.99. The van der Waals surface area contributed by atoms with Gasteiger partial charge in [-0.05, 0) is 25.7 Å². The number of aromatic amines is 1. The van der Waals surface area contributed by atoms with Crippen molar-refractivity contribution in [3.63, 3.8) is 0 Å². The van der Waals surface area contributed by atoms with Crippen LogP contribution in [-0.4, -0.2) is 22.1 Å². The number of anilines is 1. The Morgan fingerprint density at radius 1 is 1.65 bits per heavy atom. The van der Waals surface area contributed by atoms with Gasteiger partial charge in [0, 0.05) is 6.04 Å². The second kappa shape index (κ2) is 4.77. The highest BCUT2D eigenvalue weighted by molar-refractivity contribution is 5.97. The number of amides is 1. The average molecular weight is 236 g/mol. The van der Waals surface area contributed by atoms with Gasteiger partial charge >= 0.3 is 0 Å². The van der Waals surface area contributed by atoms with Crippen molar-refractivity contribution in [2.45, 2.75) is 45.6 Å². The number of nitrogens with one attached hydrogen (secondary N) is 2. The summed E-state index contributed by atoms with van der Waals surface area (Å²) in [5.74, 6) is 0.625. The Morgan fingerprint density at radius 2 is 2.35 bits per heavy atom. The van der Waals surface area contributed by atoms with E-state index >= 15 is 0 Å². The van der Waals surface area contributed by atoms with Gasteiger partial charge in [0.1, 0.15) is 0 Å². The summed E-state index contributed by atoms with van der Waals surface area (Å²) in [6.45, 7) is 4.00. The van der Waals surface area contributed by atoms with Gasteiger partial charge in [-0.15, -0.1) is 0 Å². The van der Waals surface area contributed by atoms with Gasteiger partial charge in [-0.1, -0.05) is 19.8 Å². The molecular weight excluding hydrogens is 216 g/mol. The molecule has 0 aliphatic heterocycles. The minimum Gasteiger partial charge on any atom is -0.395 e. The number of nitrogens with zero attached hydrogens (tertiary/aromatic N) is 1. The van der Waals surface area contributed by atoms with E-state index in [2.05, 4.69) is 15.5 Å². The van der Waals surface area contributed by atoms with Crippen LogP contribution in [0.3, 0.4) is 0 Å². The summed E-state index contributed by atoms with van der Waals surface area (Å²) < 4.78 is 0. The first-order valence-electron chi connectivity index (χ1n) is 6.25. The Morgan fingerprint density at radius 3 is 2.88 bits per heavy atom. The number of H-pyrrole nitrogens is 1. The number of carbonyl (C=O) groups excluding carboxylic acids is 1. The highest BCUT2D eigenvalue weighted by Crippen LogP contribution is 2.33. The van der Waals surface area contributed by atoms with Gasteiger partial charge in [0.25, 0.3) is 5.91 Å². The Balaban J connectivity index is 1.95. The van der Waals surface area contributed by atoms with Gasteiger partial charge in [-0.3, -0.25) is 9.89 Å². The molecule has 5 nitrogen and oxygen atoms in total. The van der Waals surface area contributed by atoms with E-state index in [1.807, 2.05) is 13.8 Å². The first-order chi connectivity index (χ1) is 8.11. The third-order valence-corrected chi connectivity index (χ3v) is 3.21. The number of rotatable bonds is 5. The maximum Gasteiger partial charge on any atom is 0.274 e. The molecule has 5 heteroatoms. The number of aromatic nitrogens is 2. The van der Waals surface area contributed by atoms with E-state index in [1.165, 1.54) is 12.8 Å². The van der Waals surface area contributed by atoms with E-state index in [1.54, 1.807) is 0 Å². The largest absolute Gasteiger partial charge is 0.395 e. The molecule has 1 fully saturated rings. The van der Waals surface area contributed by atoms with Crippen LogP contribution in [0.4, 0.5) is 5.69 Å². The van der Waals surface area contributed by atoms with E-state index in [-0.39, 0.29) is 11.9 Å². The van der Waals surface area contributed by atoms with Crippen molar-refractivity contribution in [1.29, 1.82) is 0 Å². The van der Waals surface area contributed by atoms with Crippen molar-refractivity contribution >= 4 is 11.6 Å². The Labute approximate surface area is 101 Å². The number of hydrogen-bond acceptors (Lipinski definition) is 3. The fraction of sp³-hybridized carbons (Fsp3) is 0.667. The van der Waals surface area contributed by atoms with Crippen LogP contribution in [0, 0.1) is 5.92 Å². The van der Waals surface area contributed by atoms with Crippen molar-refractivity contribution in [2.24, 2.45) is 5.92 Å². The molecule has 2 rings (SSSR count). The first kappa shape index (κ1) is 12.0. The molecule has 0 spiro atoms. The lowest BCUT2D eigenvalue weighted by molar-refractivity contribution is 0.0933. The quantitative estimate of drug-likeness (QED) is 0.724. The van der Waals surface area contributed by atoms with Crippen LogP contribution in [-0.2, 0) is 6.42 Å². The van der Waals surface area contributed by atoms with E-state index in [0.29, 0.717) is 11.4 Å². The predicted octanol–water partition coefficient (Wildman–Crippen LogP) is 1.47. The molecule has 0 saturated heterocycles. The van der Waals surface area contributed by atoms with E-state index in [0.717, 1.165) is 24.5 Å². The minimum absolute atomic E-state index is 0.174. The van der Waals surface area contributed by atoms with Gasteiger partial charge in [-0.2, -0.15) is 5.10 Å². The molecule has 1 aliphatic rings. The summed E-state index contributed by atoms with van der Waals surface area (Å²) in [5, 5.41) is 9.71. The summed E-state index contributed by atoms with van der Waals surface area (Å²) in [4.78, 5) is 11.9. The van der Waals surface area contributed by atoms with E-state index < -0.39 is 0 Å². The molecule has 94 valence electrons. The summed E-state index contributed by atoms with van der Waals surface area (Å²) in [6.07, 6.45) is 4.40. The molecule has 0 aromatic carbocycles. The molecule has 1 saturated carbocycles. The fourth-order valence-corrected chi connectivity index (χ4v) is 2.03. The maximum absolute atomic E-state index is 11.9. The first-order valence-corrected chi connectivity index (χ1v) is 6.25. The second-order valence-corrected chi connectivity index (χ2v) is 4.87. The zero-order valence-corrected chi connectivity index (χ0v) is 10.4. The highest BCUT2D eigenvalue weighted by atomic mass is 16.2. The molecule has 4 N–H and O–H groups in total. The topological polar surface area (TPSA) is 83.8 Å². The molecule has 1 unspecified atom stereocenters. The standard InChI is InChI=1S/C12H20N4O/c1-3-9-10(13)11(16-15-9)12(17)14-7(2)6-8-4-5-8/h7-8H,3-6,13H2,1-2H3,(H,14,17)(H,15,16). The fourth-order valence-electron chi connectivity index (χ4n) is 2.03. The summed E-state index contributed by atoms with van der Waals surface area (Å²) >= 11 is 0. The van der Waals surface area contributed by atoms with Gasteiger partial charge in [0.2, 0.25) is 0 Å². The third-order valence-electron chi connectivity index (χ3n) is 3.21.